The van der Waals surface area contributed by atoms with E-state index in [9.17, 15) is 4.79 Å². The lowest BCUT2D eigenvalue weighted by atomic mass is 10.1. The molecule has 0 unspecified atom stereocenters. The Kier molecular flexibility index (Phi) is 5.60. The summed E-state index contributed by atoms with van der Waals surface area (Å²) in [5, 5.41) is 11.2. The molecule has 1 fully saturated rings. The summed E-state index contributed by atoms with van der Waals surface area (Å²) < 4.78 is 12.9. The largest absolute Gasteiger partial charge is 0.494 e. The molecule has 0 aliphatic carbocycles. The van der Waals surface area contributed by atoms with E-state index < -0.39 is 0 Å². The van der Waals surface area contributed by atoms with Crippen LogP contribution in [0.5, 0.6) is 11.5 Å². The van der Waals surface area contributed by atoms with Crippen LogP contribution in [-0.2, 0) is 6.61 Å². The highest BCUT2D eigenvalue weighted by Crippen LogP contribution is 2.22. The van der Waals surface area contributed by atoms with Gasteiger partial charge in [0.25, 0.3) is 0 Å². The highest BCUT2D eigenvalue weighted by Gasteiger charge is 2.32. The van der Waals surface area contributed by atoms with Crippen molar-refractivity contribution in [2.75, 3.05) is 25.0 Å². The molecule has 29 heavy (non-hydrogen) atoms. The van der Waals surface area contributed by atoms with Crippen molar-refractivity contribution in [2.45, 2.75) is 19.6 Å². The molecule has 3 aromatic rings. The molecule has 2 heterocycles. The standard InChI is InChI=1S/C21H23N5O3/c1-2-28-20-10-8-16(9-11-20)22-21(27)25-13-18(14-25)26-12-17(23-24-26)15-29-19-6-4-3-5-7-19/h3-12,18H,2,13-15H2,1H3,(H,22,27). The number of anilines is 1. The van der Waals surface area contributed by atoms with Gasteiger partial charge in [0.05, 0.1) is 18.8 Å². The van der Waals surface area contributed by atoms with Crippen molar-refractivity contribution in [2.24, 2.45) is 0 Å². The van der Waals surface area contributed by atoms with Crippen molar-refractivity contribution in [3.8, 4) is 11.5 Å². The molecule has 1 saturated heterocycles. The number of carbonyl (C=O) groups excluding carboxylic acids is 1. The summed E-state index contributed by atoms with van der Waals surface area (Å²) in [6.45, 7) is 4.09. The third-order valence-electron chi connectivity index (χ3n) is 4.63. The zero-order valence-electron chi connectivity index (χ0n) is 16.2. The van der Waals surface area contributed by atoms with Gasteiger partial charge in [-0.05, 0) is 43.3 Å². The summed E-state index contributed by atoms with van der Waals surface area (Å²) >= 11 is 0. The van der Waals surface area contributed by atoms with Crippen LogP contribution in [0.3, 0.4) is 0 Å². The van der Waals surface area contributed by atoms with E-state index in [4.69, 9.17) is 9.47 Å². The molecule has 4 rings (SSSR count). The van der Waals surface area contributed by atoms with E-state index in [1.807, 2.05) is 67.7 Å². The normalized spacial score (nSPS) is 13.6. The zero-order valence-corrected chi connectivity index (χ0v) is 16.2. The van der Waals surface area contributed by atoms with Crippen LogP contribution in [-0.4, -0.2) is 45.6 Å². The monoisotopic (exact) mass is 393 g/mol. The quantitative estimate of drug-likeness (QED) is 0.666. The second-order valence-corrected chi connectivity index (χ2v) is 6.74. The van der Waals surface area contributed by atoms with Gasteiger partial charge in [-0.1, -0.05) is 23.4 Å². The highest BCUT2D eigenvalue weighted by molar-refractivity contribution is 5.89. The second kappa shape index (κ2) is 8.64. The van der Waals surface area contributed by atoms with Gasteiger partial charge in [-0.15, -0.1) is 5.10 Å². The lowest BCUT2D eigenvalue weighted by Gasteiger charge is -2.38. The average molecular weight is 393 g/mol. The molecule has 1 aliphatic heterocycles. The van der Waals surface area contributed by atoms with Gasteiger partial charge in [-0.25, -0.2) is 9.48 Å². The molecule has 0 bridgehead atoms. The molecule has 0 spiro atoms. The van der Waals surface area contributed by atoms with Crippen LogP contribution < -0.4 is 14.8 Å². The van der Waals surface area contributed by atoms with Gasteiger partial charge in [-0.3, -0.25) is 0 Å². The van der Waals surface area contributed by atoms with Crippen LogP contribution >= 0.6 is 0 Å². The number of likely N-dealkylation sites (tertiary alicyclic amines) is 1. The number of benzene rings is 2. The summed E-state index contributed by atoms with van der Waals surface area (Å²) in [5.74, 6) is 1.58. The molecule has 150 valence electrons. The molecule has 0 saturated carbocycles. The Labute approximate surface area is 169 Å². The maximum atomic E-state index is 12.4. The number of ether oxygens (including phenoxy) is 2. The second-order valence-electron chi connectivity index (χ2n) is 6.74. The van der Waals surface area contributed by atoms with E-state index >= 15 is 0 Å². The Morgan fingerprint density at radius 3 is 2.52 bits per heavy atom. The number of carbonyl (C=O) groups is 1. The van der Waals surface area contributed by atoms with Gasteiger partial charge in [0.15, 0.2) is 0 Å². The van der Waals surface area contributed by atoms with Gasteiger partial charge in [-0.2, -0.15) is 0 Å². The Balaban J connectivity index is 1.24. The first-order valence-corrected chi connectivity index (χ1v) is 9.58. The zero-order chi connectivity index (χ0) is 20.1. The Morgan fingerprint density at radius 2 is 1.79 bits per heavy atom. The Morgan fingerprint density at radius 1 is 1.07 bits per heavy atom. The minimum Gasteiger partial charge on any atom is -0.494 e. The van der Waals surface area contributed by atoms with Crippen molar-refractivity contribution in [1.82, 2.24) is 19.9 Å². The van der Waals surface area contributed by atoms with Crippen LogP contribution in [0.2, 0.25) is 0 Å². The van der Waals surface area contributed by atoms with Crippen LogP contribution in [0.25, 0.3) is 0 Å². The molecular weight excluding hydrogens is 370 g/mol. The topological polar surface area (TPSA) is 81.5 Å². The molecule has 2 aromatic carbocycles. The third kappa shape index (κ3) is 4.66. The lowest BCUT2D eigenvalue weighted by molar-refractivity contribution is 0.127. The molecule has 1 aromatic heterocycles. The molecule has 1 N–H and O–H groups in total. The number of rotatable bonds is 7. The smallest absolute Gasteiger partial charge is 0.321 e. The molecule has 2 amide bonds. The predicted molar refractivity (Wildman–Crippen MR) is 108 cm³/mol. The van der Waals surface area contributed by atoms with E-state index in [2.05, 4.69) is 15.6 Å². The summed E-state index contributed by atoms with van der Waals surface area (Å²) in [7, 11) is 0. The number of urea groups is 1. The van der Waals surface area contributed by atoms with E-state index in [-0.39, 0.29) is 12.1 Å². The van der Waals surface area contributed by atoms with Gasteiger partial charge in [0.2, 0.25) is 0 Å². The number of nitrogens with zero attached hydrogens (tertiary/aromatic N) is 4. The van der Waals surface area contributed by atoms with Gasteiger partial charge in [0.1, 0.15) is 23.8 Å². The van der Waals surface area contributed by atoms with Crippen molar-refractivity contribution in [3.05, 3.63) is 66.5 Å². The van der Waals surface area contributed by atoms with Gasteiger partial charge < -0.3 is 19.7 Å². The van der Waals surface area contributed by atoms with Crippen LogP contribution in [0.4, 0.5) is 10.5 Å². The number of para-hydroxylation sites is 1. The van der Waals surface area contributed by atoms with E-state index in [1.54, 1.807) is 9.58 Å². The molecule has 8 heteroatoms. The average Bonchev–Trinajstić information content (AvgIpc) is 3.16. The number of amides is 2. The Bertz CT molecular complexity index is 936. The van der Waals surface area contributed by atoms with Crippen molar-refractivity contribution in [3.63, 3.8) is 0 Å². The van der Waals surface area contributed by atoms with Crippen LogP contribution in [0.15, 0.2) is 60.8 Å². The maximum absolute atomic E-state index is 12.4. The molecule has 0 radical (unpaired) electrons. The maximum Gasteiger partial charge on any atom is 0.321 e. The van der Waals surface area contributed by atoms with Crippen LogP contribution in [0.1, 0.15) is 18.7 Å². The number of hydrogen-bond donors (Lipinski definition) is 1. The molecule has 8 nitrogen and oxygen atoms in total. The number of nitrogens with one attached hydrogen (secondary N) is 1. The minimum atomic E-state index is -0.127. The van der Waals surface area contributed by atoms with E-state index in [0.717, 1.165) is 22.9 Å². The summed E-state index contributed by atoms with van der Waals surface area (Å²) in [4.78, 5) is 14.1. The van der Waals surface area contributed by atoms with Crippen LogP contribution in [0, 0.1) is 0 Å². The summed E-state index contributed by atoms with van der Waals surface area (Å²) in [5.41, 5.74) is 1.49. The van der Waals surface area contributed by atoms with Crippen molar-refractivity contribution < 1.29 is 14.3 Å². The first kappa shape index (κ1) is 18.8. The molecule has 0 atom stereocenters. The molecular formula is C21H23N5O3. The van der Waals surface area contributed by atoms with Crippen molar-refractivity contribution in [1.29, 1.82) is 0 Å². The van der Waals surface area contributed by atoms with E-state index in [1.165, 1.54) is 0 Å². The van der Waals surface area contributed by atoms with Gasteiger partial charge >= 0.3 is 6.03 Å². The first-order valence-electron chi connectivity index (χ1n) is 9.58. The summed E-state index contributed by atoms with van der Waals surface area (Å²) in [6, 6.07) is 16.9. The van der Waals surface area contributed by atoms with Crippen molar-refractivity contribution >= 4 is 11.7 Å². The SMILES string of the molecule is CCOc1ccc(NC(=O)N2CC(n3cc(COc4ccccc4)nn3)C2)cc1. The number of aromatic nitrogens is 3. The fourth-order valence-electron chi connectivity index (χ4n) is 3.02. The minimum absolute atomic E-state index is 0.124. The fourth-order valence-corrected chi connectivity index (χ4v) is 3.02. The van der Waals surface area contributed by atoms with E-state index in [0.29, 0.717) is 26.3 Å². The predicted octanol–water partition coefficient (Wildman–Crippen LogP) is 3.34. The fraction of sp³-hybridized carbons (Fsp3) is 0.286. The molecule has 1 aliphatic rings. The first-order chi connectivity index (χ1) is 14.2. The summed E-state index contributed by atoms with van der Waals surface area (Å²) in [6.07, 6.45) is 1.87. The van der Waals surface area contributed by atoms with Gasteiger partial charge in [0, 0.05) is 18.8 Å². The third-order valence-corrected chi connectivity index (χ3v) is 4.63. The highest BCUT2D eigenvalue weighted by atomic mass is 16.5. The Hall–Kier alpha value is -3.55. The lowest BCUT2D eigenvalue weighted by Crippen LogP contribution is -2.52. The number of hydrogen-bond acceptors (Lipinski definition) is 5.